The van der Waals surface area contributed by atoms with Crippen LogP contribution in [0.1, 0.15) is 71.6 Å². The van der Waals surface area contributed by atoms with Gasteiger partial charge in [0.25, 0.3) is 0 Å². The summed E-state index contributed by atoms with van der Waals surface area (Å²) in [4.78, 5) is 12.1. The quantitative estimate of drug-likeness (QED) is 0.605. The first kappa shape index (κ1) is 21.8. The van der Waals surface area contributed by atoms with E-state index >= 15 is 0 Å². The Hall–Kier alpha value is -1.45. The lowest BCUT2D eigenvalue weighted by molar-refractivity contribution is -0.115. The fourth-order valence-electron chi connectivity index (χ4n) is 6.49. The van der Waals surface area contributed by atoms with Crippen LogP contribution >= 0.6 is 0 Å². The number of carbonyl (C=O) groups excluding carboxylic acids is 1. The maximum absolute atomic E-state index is 12.1. The first-order valence-corrected chi connectivity index (χ1v) is 12.0. The molecule has 0 spiro atoms. The molecule has 4 aliphatic rings. The molecule has 0 saturated heterocycles. The Morgan fingerprint density at radius 2 is 1.97 bits per heavy atom. The van der Waals surface area contributed by atoms with Crippen molar-refractivity contribution in [1.29, 1.82) is 0 Å². The minimum Gasteiger partial charge on any atom is -0.393 e. The molecule has 2 N–H and O–H groups in total. The van der Waals surface area contributed by atoms with Gasteiger partial charge in [0.05, 0.1) is 12.2 Å². The van der Waals surface area contributed by atoms with Gasteiger partial charge in [-0.3, -0.25) is 4.79 Å². The van der Waals surface area contributed by atoms with Gasteiger partial charge in [0, 0.05) is 12.3 Å². The zero-order valence-electron chi connectivity index (χ0n) is 18.6. The third-order valence-corrected chi connectivity index (χ3v) is 8.48. The topological polar surface area (TPSA) is 57.5 Å². The molecular weight excluding hydrogens is 372 g/mol. The van der Waals surface area contributed by atoms with Crippen LogP contribution < -0.4 is 0 Å². The van der Waals surface area contributed by atoms with Crippen molar-refractivity contribution in [2.45, 2.75) is 83.8 Å². The molecule has 3 unspecified atom stereocenters. The van der Waals surface area contributed by atoms with Crippen molar-refractivity contribution in [3.63, 3.8) is 0 Å². The highest BCUT2D eigenvalue weighted by atomic mass is 16.3. The van der Waals surface area contributed by atoms with Crippen molar-refractivity contribution in [2.75, 3.05) is 0 Å². The molecule has 6 atom stereocenters. The van der Waals surface area contributed by atoms with Gasteiger partial charge >= 0.3 is 0 Å². The average molecular weight is 411 g/mol. The van der Waals surface area contributed by atoms with Crippen LogP contribution in [0.15, 0.2) is 47.6 Å². The van der Waals surface area contributed by atoms with Gasteiger partial charge in [-0.15, -0.1) is 0 Å². The van der Waals surface area contributed by atoms with E-state index in [1.807, 2.05) is 6.08 Å². The molecule has 0 radical (unpaired) electrons. The lowest BCUT2D eigenvalue weighted by atomic mass is 9.61. The van der Waals surface area contributed by atoms with Crippen molar-refractivity contribution in [1.82, 2.24) is 0 Å². The highest BCUT2D eigenvalue weighted by molar-refractivity contribution is 5.93. The summed E-state index contributed by atoms with van der Waals surface area (Å²) in [6, 6.07) is 0. The first-order chi connectivity index (χ1) is 14.3. The number of aliphatic hydroxyl groups excluding tert-OH is 2. The van der Waals surface area contributed by atoms with Gasteiger partial charge in [0.1, 0.15) is 0 Å². The number of ketones is 1. The van der Waals surface area contributed by atoms with Crippen molar-refractivity contribution in [3.05, 3.63) is 47.6 Å². The smallest absolute Gasteiger partial charge is 0.158 e. The summed E-state index contributed by atoms with van der Waals surface area (Å²) in [5, 5.41) is 20.1. The number of carbonyl (C=O) groups is 1. The van der Waals surface area contributed by atoms with Gasteiger partial charge in [-0.2, -0.15) is 0 Å². The molecule has 30 heavy (non-hydrogen) atoms. The standard InChI is InChI=1S/C27H38O3/c1-17(6-13-25(29)20-8-9-20)23-11-12-24-19(5-4-14-27(23,24)3)7-10-21-15-22(28)16-26(30)18(21)2/h6-7,10,13,17,20,22-24,26,28,30H,2,4-5,8-9,11-12,14-16H2,1,3H3/b13-6+,19-7?,21-10?/t17?,22-,23-,24?,26?,27-/m1/s1. The van der Waals surface area contributed by atoms with Crippen molar-refractivity contribution < 1.29 is 15.0 Å². The van der Waals surface area contributed by atoms with E-state index in [1.165, 1.54) is 31.3 Å². The van der Waals surface area contributed by atoms with Gasteiger partial charge in [-0.1, -0.05) is 44.2 Å². The number of allylic oxidation sites excluding steroid dienone is 5. The largest absolute Gasteiger partial charge is 0.393 e. The highest BCUT2D eigenvalue weighted by Gasteiger charge is 2.50. The molecule has 0 heterocycles. The maximum atomic E-state index is 12.1. The lowest BCUT2D eigenvalue weighted by Crippen LogP contribution is -2.35. The Labute approximate surface area is 181 Å². The molecule has 4 rings (SSSR count). The SMILES string of the molecule is C=C1C(=CC=C2CCC[C@@]3(C)C2CC[C@@H]3C(C)/C=C/C(=O)C2CC2)C[C@@H](O)CC1O. The molecule has 0 aromatic rings. The summed E-state index contributed by atoms with van der Waals surface area (Å²) >= 11 is 0. The van der Waals surface area contributed by atoms with Crippen LogP contribution in [-0.2, 0) is 4.79 Å². The molecule has 0 aromatic carbocycles. The highest BCUT2D eigenvalue weighted by Crippen LogP contribution is 2.59. The molecule has 164 valence electrons. The van der Waals surface area contributed by atoms with E-state index in [9.17, 15) is 15.0 Å². The normalized spacial score (nSPS) is 40.9. The number of fused-ring (bicyclic) bond motifs is 1. The van der Waals surface area contributed by atoms with Crippen LogP contribution in [0.2, 0.25) is 0 Å². The van der Waals surface area contributed by atoms with E-state index in [0.717, 1.165) is 30.4 Å². The second kappa shape index (κ2) is 8.59. The molecule has 4 saturated carbocycles. The van der Waals surface area contributed by atoms with Crippen LogP contribution in [0.4, 0.5) is 0 Å². The van der Waals surface area contributed by atoms with Gasteiger partial charge < -0.3 is 10.2 Å². The van der Waals surface area contributed by atoms with Crippen LogP contribution in [0.5, 0.6) is 0 Å². The minimum atomic E-state index is -0.628. The Balaban J connectivity index is 1.49. The first-order valence-electron chi connectivity index (χ1n) is 12.0. The van der Waals surface area contributed by atoms with Crippen LogP contribution in [-0.4, -0.2) is 28.2 Å². The summed E-state index contributed by atoms with van der Waals surface area (Å²) in [6.07, 6.45) is 16.5. The van der Waals surface area contributed by atoms with E-state index in [0.29, 0.717) is 42.3 Å². The molecule has 3 heteroatoms. The molecular formula is C27H38O3. The van der Waals surface area contributed by atoms with Crippen molar-refractivity contribution in [3.8, 4) is 0 Å². The Bertz CT molecular complexity index is 784. The van der Waals surface area contributed by atoms with E-state index in [1.54, 1.807) is 0 Å². The van der Waals surface area contributed by atoms with E-state index in [2.05, 4.69) is 38.7 Å². The molecule has 4 fully saturated rings. The van der Waals surface area contributed by atoms with Gasteiger partial charge in [-0.05, 0) is 91.8 Å². The monoisotopic (exact) mass is 410 g/mol. The third kappa shape index (κ3) is 4.29. The molecule has 4 aliphatic carbocycles. The van der Waals surface area contributed by atoms with Crippen LogP contribution in [0.25, 0.3) is 0 Å². The van der Waals surface area contributed by atoms with Gasteiger partial charge in [0.2, 0.25) is 0 Å². The number of rotatable bonds is 5. The second-order valence-corrected chi connectivity index (χ2v) is 10.6. The number of hydrogen-bond acceptors (Lipinski definition) is 3. The Morgan fingerprint density at radius 1 is 1.20 bits per heavy atom. The van der Waals surface area contributed by atoms with E-state index < -0.39 is 12.2 Å². The molecule has 0 amide bonds. The maximum Gasteiger partial charge on any atom is 0.158 e. The third-order valence-electron chi connectivity index (χ3n) is 8.48. The predicted molar refractivity (Wildman–Crippen MR) is 121 cm³/mol. The molecule has 0 bridgehead atoms. The summed E-state index contributed by atoms with van der Waals surface area (Å²) in [5.41, 5.74) is 3.56. The van der Waals surface area contributed by atoms with E-state index in [-0.39, 0.29) is 5.41 Å². The van der Waals surface area contributed by atoms with Crippen molar-refractivity contribution >= 4 is 5.78 Å². The van der Waals surface area contributed by atoms with Crippen molar-refractivity contribution in [2.24, 2.45) is 29.1 Å². The summed E-state index contributed by atoms with van der Waals surface area (Å²) in [5.74, 6) is 2.28. The lowest BCUT2D eigenvalue weighted by Gasteiger charge is -2.44. The molecule has 0 aliphatic heterocycles. The summed E-state index contributed by atoms with van der Waals surface area (Å²) in [7, 11) is 0. The van der Waals surface area contributed by atoms with E-state index in [4.69, 9.17) is 0 Å². The Morgan fingerprint density at radius 3 is 2.70 bits per heavy atom. The number of aliphatic hydroxyl groups is 2. The average Bonchev–Trinajstić information content (AvgIpc) is 3.49. The van der Waals surface area contributed by atoms with Gasteiger partial charge in [0.15, 0.2) is 5.78 Å². The summed E-state index contributed by atoms with van der Waals surface area (Å²) in [6.45, 7) is 8.81. The predicted octanol–water partition coefficient (Wildman–Crippen LogP) is 5.30. The van der Waals surface area contributed by atoms with Gasteiger partial charge in [-0.25, -0.2) is 0 Å². The number of hydrogen-bond donors (Lipinski definition) is 2. The zero-order valence-corrected chi connectivity index (χ0v) is 18.6. The fraction of sp³-hybridized carbons (Fsp3) is 0.667. The Kier molecular flexibility index (Phi) is 6.23. The summed E-state index contributed by atoms with van der Waals surface area (Å²) < 4.78 is 0. The fourth-order valence-corrected chi connectivity index (χ4v) is 6.49. The minimum absolute atomic E-state index is 0.289. The molecule has 3 nitrogen and oxygen atoms in total. The second-order valence-electron chi connectivity index (χ2n) is 10.6. The zero-order chi connectivity index (χ0) is 21.5. The van der Waals surface area contributed by atoms with Crippen LogP contribution in [0.3, 0.4) is 0 Å². The molecule has 0 aromatic heterocycles. The van der Waals surface area contributed by atoms with Crippen LogP contribution in [0, 0.1) is 29.1 Å².